The second kappa shape index (κ2) is 4.44. The number of para-hydroxylation sites is 1. The van der Waals surface area contributed by atoms with Crippen LogP contribution in [0.2, 0.25) is 0 Å². The number of benzene rings is 1. The summed E-state index contributed by atoms with van der Waals surface area (Å²) >= 11 is 10.6. The third-order valence-corrected chi connectivity index (χ3v) is 2.05. The Bertz CT molecular complexity index is 355. The molecule has 0 saturated heterocycles. The molecule has 0 N–H and O–H groups in total. The van der Waals surface area contributed by atoms with Crippen LogP contribution in [-0.4, -0.2) is 17.6 Å². The fourth-order valence-electron chi connectivity index (χ4n) is 1.07. The van der Waals surface area contributed by atoms with Crippen LogP contribution < -0.4 is 4.74 Å². The third kappa shape index (κ3) is 2.05. The van der Waals surface area contributed by atoms with Crippen LogP contribution in [-0.2, 0) is 0 Å². The Hall–Kier alpha value is -1.06. The average Bonchev–Trinajstić information content (AvgIpc) is 2.16. The summed E-state index contributed by atoms with van der Waals surface area (Å²) in [7, 11) is 1.34. The van der Waals surface area contributed by atoms with Gasteiger partial charge in [0.1, 0.15) is 5.75 Å². The zero-order valence-electron chi connectivity index (χ0n) is 7.21. The summed E-state index contributed by atoms with van der Waals surface area (Å²) in [4.78, 5) is 21.9. The molecule has 0 heterocycles. The van der Waals surface area contributed by atoms with Crippen molar-refractivity contribution < 1.29 is 14.3 Å². The summed E-state index contributed by atoms with van der Waals surface area (Å²) in [6.45, 7) is 0. The van der Waals surface area contributed by atoms with Gasteiger partial charge < -0.3 is 4.74 Å². The minimum Gasteiger partial charge on any atom is -0.495 e. The molecule has 0 aliphatic carbocycles. The molecule has 5 heteroatoms. The zero-order chi connectivity index (χ0) is 10.7. The van der Waals surface area contributed by atoms with Crippen molar-refractivity contribution in [1.82, 2.24) is 0 Å². The molecule has 74 valence electrons. The highest BCUT2D eigenvalue weighted by atomic mass is 35.5. The molecule has 1 aromatic rings. The highest BCUT2D eigenvalue weighted by Gasteiger charge is 2.16. The maximum Gasteiger partial charge on any atom is 0.256 e. The summed E-state index contributed by atoms with van der Waals surface area (Å²) in [6, 6.07) is 4.42. The summed E-state index contributed by atoms with van der Waals surface area (Å²) in [5, 5.41) is -1.39. The van der Waals surface area contributed by atoms with Gasteiger partial charge in [0, 0.05) is 0 Å². The molecule has 0 spiro atoms. The highest BCUT2D eigenvalue weighted by molar-refractivity contribution is 6.69. The van der Waals surface area contributed by atoms with E-state index in [1.165, 1.54) is 25.3 Å². The van der Waals surface area contributed by atoms with Gasteiger partial charge in [0.25, 0.3) is 10.5 Å². The Morgan fingerprint density at radius 2 is 1.57 bits per heavy atom. The molecule has 3 nitrogen and oxygen atoms in total. The van der Waals surface area contributed by atoms with Gasteiger partial charge in [0.05, 0.1) is 18.2 Å². The fourth-order valence-corrected chi connectivity index (χ4v) is 1.36. The molecule has 0 saturated carbocycles. The number of carbonyl (C=O) groups is 2. The molecule has 14 heavy (non-hydrogen) atoms. The van der Waals surface area contributed by atoms with Crippen molar-refractivity contribution >= 4 is 33.7 Å². The van der Waals surface area contributed by atoms with Crippen molar-refractivity contribution in [1.29, 1.82) is 0 Å². The van der Waals surface area contributed by atoms with Gasteiger partial charge in [0.15, 0.2) is 0 Å². The van der Waals surface area contributed by atoms with E-state index in [-0.39, 0.29) is 16.9 Å². The van der Waals surface area contributed by atoms with E-state index in [4.69, 9.17) is 27.9 Å². The van der Waals surface area contributed by atoms with Crippen LogP contribution in [0.1, 0.15) is 20.7 Å². The van der Waals surface area contributed by atoms with Crippen LogP contribution in [0.5, 0.6) is 5.75 Å². The summed E-state index contributed by atoms with van der Waals surface area (Å²) in [5.74, 6) is 0.104. The van der Waals surface area contributed by atoms with Crippen LogP contribution in [0.25, 0.3) is 0 Å². The number of methoxy groups -OCH3 is 1. The zero-order valence-corrected chi connectivity index (χ0v) is 8.72. The van der Waals surface area contributed by atoms with Gasteiger partial charge in [-0.2, -0.15) is 0 Å². The van der Waals surface area contributed by atoms with Crippen molar-refractivity contribution in [3.05, 3.63) is 29.3 Å². The smallest absolute Gasteiger partial charge is 0.256 e. The van der Waals surface area contributed by atoms with Gasteiger partial charge in [-0.15, -0.1) is 0 Å². The van der Waals surface area contributed by atoms with Crippen LogP contribution in [0.4, 0.5) is 0 Å². The molecule has 0 atom stereocenters. The topological polar surface area (TPSA) is 43.4 Å². The summed E-state index contributed by atoms with van der Waals surface area (Å²) < 4.78 is 4.89. The van der Waals surface area contributed by atoms with Gasteiger partial charge in [-0.3, -0.25) is 9.59 Å². The first-order valence-electron chi connectivity index (χ1n) is 3.64. The Kier molecular flexibility index (Phi) is 3.49. The molecule has 1 rings (SSSR count). The van der Waals surface area contributed by atoms with Crippen molar-refractivity contribution in [2.75, 3.05) is 7.11 Å². The molecule has 0 amide bonds. The minimum absolute atomic E-state index is 0.104. The van der Waals surface area contributed by atoms with Gasteiger partial charge in [-0.1, -0.05) is 6.07 Å². The first-order chi connectivity index (χ1) is 6.57. The molecular formula is C9H6Cl2O3. The molecule has 1 aromatic carbocycles. The monoisotopic (exact) mass is 232 g/mol. The van der Waals surface area contributed by atoms with Crippen LogP contribution >= 0.6 is 23.2 Å². The number of rotatable bonds is 3. The second-order valence-corrected chi connectivity index (χ2v) is 3.12. The van der Waals surface area contributed by atoms with E-state index in [1.54, 1.807) is 0 Å². The fraction of sp³-hybridized carbons (Fsp3) is 0.111. The largest absolute Gasteiger partial charge is 0.495 e. The lowest BCUT2D eigenvalue weighted by Gasteiger charge is -2.07. The predicted octanol–water partition coefficient (Wildman–Crippen LogP) is 2.45. The maximum absolute atomic E-state index is 10.9. The Labute approximate surface area is 90.6 Å². The molecule has 0 radical (unpaired) electrons. The summed E-state index contributed by atoms with van der Waals surface area (Å²) in [5.41, 5.74) is 0.251. The van der Waals surface area contributed by atoms with E-state index in [0.29, 0.717) is 0 Å². The van der Waals surface area contributed by atoms with Crippen molar-refractivity contribution in [2.45, 2.75) is 0 Å². The number of ether oxygens (including phenoxy) is 1. The van der Waals surface area contributed by atoms with Gasteiger partial charge in [0.2, 0.25) is 0 Å². The molecule has 0 aliphatic rings. The van der Waals surface area contributed by atoms with E-state index < -0.39 is 10.5 Å². The second-order valence-electron chi connectivity index (χ2n) is 2.43. The molecular weight excluding hydrogens is 227 g/mol. The number of hydrogen-bond acceptors (Lipinski definition) is 3. The molecule has 0 unspecified atom stereocenters. The van der Waals surface area contributed by atoms with E-state index in [9.17, 15) is 9.59 Å². The van der Waals surface area contributed by atoms with E-state index >= 15 is 0 Å². The van der Waals surface area contributed by atoms with E-state index in [1.807, 2.05) is 0 Å². The average molecular weight is 233 g/mol. The van der Waals surface area contributed by atoms with Gasteiger partial charge in [-0.05, 0) is 35.3 Å². The molecule has 0 bridgehead atoms. The van der Waals surface area contributed by atoms with Crippen LogP contribution in [0.3, 0.4) is 0 Å². The standard InChI is InChI=1S/C9H6Cl2O3/c1-14-7-5(8(10)12)3-2-4-6(7)9(11)13/h2-4H,1H3. The van der Waals surface area contributed by atoms with Crippen LogP contribution in [0, 0.1) is 0 Å². The number of hydrogen-bond donors (Lipinski definition) is 0. The van der Waals surface area contributed by atoms with Gasteiger partial charge >= 0.3 is 0 Å². The normalized spacial score (nSPS) is 9.64. The quantitative estimate of drug-likeness (QED) is 0.753. The third-order valence-electron chi connectivity index (χ3n) is 1.64. The van der Waals surface area contributed by atoms with E-state index in [2.05, 4.69) is 0 Å². The number of halogens is 2. The van der Waals surface area contributed by atoms with E-state index in [0.717, 1.165) is 0 Å². The SMILES string of the molecule is COc1c(C(=O)Cl)cccc1C(=O)Cl. The Morgan fingerprint density at radius 3 is 1.86 bits per heavy atom. The van der Waals surface area contributed by atoms with Crippen molar-refractivity contribution in [2.24, 2.45) is 0 Å². The lowest BCUT2D eigenvalue weighted by atomic mass is 10.1. The summed E-state index contributed by atoms with van der Waals surface area (Å²) in [6.07, 6.45) is 0. The van der Waals surface area contributed by atoms with Gasteiger partial charge in [-0.25, -0.2) is 0 Å². The van der Waals surface area contributed by atoms with Crippen LogP contribution in [0.15, 0.2) is 18.2 Å². The first-order valence-corrected chi connectivity index (χ1v) is 4.40. The van der Waals surface area contributed by atoms with Crippen molar-refractivity contribution in [3.63, 3.8) is 0 Å². The highest BCUT2D eigenvalue weighted by Crippen LogP contribution is 2.26. The number of carbonyl (C=O) groups excluding carboxylic acids is 2. The lowest BCUT2D eigenvalue weighted by molar-refractivity contribution is 0.107. The molecule has 0 aliphatic heterocycles. The molecule has 0 aromatic heterocycles. The minimum atomic E-state index is -0.693. The Morgan fingerprint density at radius 1 is 1.14 bits per heavy atom. The molecule has 0 fully saturated rings. The van der Waals surface area contributed by atoms with Crippen molar-refractivity contribution in [3.8, 4) is 5.75 Å². The Balaban J connectivity index is 3.39. The first kappa shape index (κ1) is 11.0. The maximum atomic E-state index is 10.9. The lowest BCUT2D eigenvalue weighted by Crippen LogP contribution is -2.01. The predicted molar refractivity (Wildman–Crippen MR) is 53.4 cm³/mol.